The summed E-state index contributed by atoms with van der Waals surface area (Å²) in [5, 5.41) is 17.8. The molecule has 1 saturated heterocycles. The number of carboxylic acid groups (broad SMARTS) is 1. The molecular formula is C10H15NO7. The molecule has 1 aliphatic heterocycles. The lowest BCUT2D eigenvalue weighted by atomic mass is 10.2. The molecule has 0 spiro atoms. The third-order valence-corrected chi connectivity index (χ3v) is 2.33. The molecule has 0 aliphatic carbocycles. The van der Waals surface area contributed by atoms with Gasteiger partial charge in [-0.05, 0) is 12.8 Å². The highest BCUT2D eigenvalue weighted by Crippen LogP contribution is 2.13. The number of hydroxylamine groups is 2. The number of aliphatic carboxylic acids is 1. The first-order valence-electron chi connectivity index (χ1n) is 5.58. The van der Waals surface area contributed by atoms with Crippen LogP contribution in [-0.2, 0) is 24.3 Å². The summed E-state index contributed by atoms with van der Waals surface area (Å²) in [6.07, 6.45) is 0.138. The second-order valence-electron chi connectivity index (χ2n) is 3.85. The minimum absolute atomic E-state index is 0.0934. The van der Waals surface area contributed by atoms with Crippen LogP contribution >= 0.6 is 0 Å². The van der Waals surface area contributed by atoms with Crippen LogP contribution in [0.3, 0.4) is 0 Å². The van der Waals surface area contributed by atoms with Gasteiger partial charge in [0.25, 0.3) is 11.8 Å². The monoisotopic (exact) mass is 261 g/mol. The van der Waals surface area contributed by atoms with E-state index in [0.29, 0.717) is 24.3 Å². The van der Waals surface area contributed by atoms with Gasteiger partial charge in [0.15, 0.2) is 0 Å². The molecule has 2 N–H and O–H groups in total. The van der Waals surface area contributed by atoms with E-state index in [9.17, 15) is 14.4 Å². The molecule has 1 fully saturated rings. The molecule has 0 bridgehead atoms. The molecular weight excluding hydrogens is 246 g/mol. The second kappa shape index (κ2) is 7.04. The number of hydrogen-bond acceptors (Lipinski definition) is 6. The predicted octanol–water partition coefficient (Wildman–Crippen LogP) is -0.386. The number of aliphatic hydroxyl groups is 1. The summed E-state index contributed by atoms with van der Waals surface area (Å²) in [5.41, 5.74) is 0. The summed E-state index contributed by atoms with van der Waals surface area (Å²) < 4.78 is 0. The number of imide groups is 1. The third-order valence-electron chi connectivity index (χ3n) is 2.33. The number of carbonyl (C=O) groups is 3. The van der Waals surface area contributed by atoms with Crippen LogP contribution < -0.4 is 0 Å². The van der Waals surface area contributed by atoms with E-state index in [-0.39, 0.29) is 19.4 Å². The maximum atomic E-state index is 11.1. The molecule has 1 heterocycles. The fraction of sp³-hybridized carbons (Fsp3) is 0.700. The number of aliphatic hydroxyl groups excluding tert-OH is 1. The number of unbranched alkanes of at least 4 members (excludes halogenated alkanes) is 2. The molecule has 1 aliphatic rings. The Morgan fingerprint density at radius 3 is 2.61 bits per heavy atom. The maximum Gasteiger partial charge on any atom is 0.303 e. The summed E-state index contributed by atoms with van der Waals surface area (Å²) in [4.78, 5) is 41.6. The number of hydrogen-bond donors (Lipinski definition) is 2. The highest BCUT2D eigenvalue weighted by molar-refractivity contribution is 6.03. The van der Waals surface area contributed by atoms with E-state index in [1.807, 2.05) is 0 Å². The predicted molar refractivity (Wildman–Crippen MR) is 55.6 cm³/mol. The Balaban J connectivity index is 2.06. The number of nitrogens with zero attached hydrogens (tertiary/aromatic N) is 1. The first-order chi connectivity index (χ1) is 8.52. The summed E-state index contributed by atoms with van der Waals surface area (Å²) in [5.74, 6) is -2.35. The molecule has 8 heteroatoms. The topological polar surface area (TPSA) is 113 Å². The molecule has 0 aromatic carbocycles. The molecule has 1 unspecified atom stereocenters. The molecule has 0 aromatic heterocycles. The van der Waals surface area contributed by atoms with E-state index < -0.39 is 23.9 Å². The van der Waals surface area contributed by atoms with Crippen LogP contribution in [0.4, 0.5) is 0 Å². The standard InChI is InChI=1S/C10H15NO7/c12-7-6-8(13)11(10(7)16)18-17-5-3-1-2-4-9(14)15/h7,12H,1-6H2,(H,14,15). The van der Waals surface area contributed by atoms with Crippen LogP contribution in [0, 0.1) is 0 Å². The van der Waals surface area contributed by atoms with Crippen molar-refractivity contribution in [3.63, 3.8) is 0 Å². The maximum absolute atomic E-state index is 11.1. The lowest BCUT2D eigenvalue weighted by Crippen LogP contribution is -2.32. The molecule has 2 amide bonds. The van der Waals surface area contributed by atoms with Gasteiger partial charge in [-0.3, -0.25) is 14.4 Å². The van der Waals surface area contributed by atoms with Crippen LogP contribution in [0.2, 0.25) is 0 Å². The Bertz CT molecular complexity index is 330. The van der Waals surface area contributed by atoms with Crippen LogP contribution in [0.1, 0.15) is 32.1 Å². The van der Waals surface area contributed by atoms with Gasteiger partial charge in [-0.2, -0.15) is 0 Å². The fourth-order valence-corrected chi connectivity index (χ4v) is 1.38. The van der Waals surface area contributed by atoms with Gasteiger partial charge >= 0.3 is 5.97 Å². The minimum Gasteiger partial charge on any atom is -0.481 e. The van der Waals surface area contributed by atoms with E-state index in [2.05, 4.69) is 9.88 Å². The van der Waals surface area contributed by atoms with Gasteiger partial charge in [0.2, 0.25) is 0 Å². The van der Waals surface area contributed by atoms with Gasteiger partial charge in [0, 0.05) is 6.42 Å². The lowest BCUT2D eigenvalue weighted by molar-refractivity contribution is -0.394. The molecule has 0 radical (unpaired) electrons. The van der Waals surface area contributed by atoms with Crippen LogP contribution in [-0.4, -0.2) is 45.8 Å². The zero-order valence-electron chi connectivity index (χ0n) is 9.70. The summed E-state index contributed by atoms with van der Waals surface area (Å²) >= 11 is 0. The molecule has 102 valence electrons. The SMILES string of the molecule is O=C(O)CCCCCOON1C(=O)CC(O)C1=O. The fourth-order valence-electron chi connectivity index (χ4n) is 1.38. The first kappa shape index (κ1) is 14.6. The van der Waals surface area contributed by atoms with E-state index in [1.165, 1.54) is 0 Å². The van der Waals surface area contributed by atoms with Gasteiger partial charge in [0.1, 0.15) is 6.10 Å². The summed E-state index contributed by atoms with van der Waals surface area (Å²) in [6, 6.07) is 0. The number of carboxylic acids is 1. The van der Waals surface area contributed by atoms with Crippen molar-refractivity contribution in [3.8, 4) is 0 Å². The molecule has 18 heavy (non-hydrogen) atoms. The molecule has 1 atom stereocenters. The van der Waals surface area contributed by atoms with E-state index in [1.54, 1.807) is 0 Å². The van der Waals surface area contributed by atoms with Crippen molar-refractivity contribution in [3.05, 3.63) is 0 Å². The molecule has 0 saturated carbocycles. The van der Waals surface area contributed by atoms with Crippen molar-refractivity contribution in [2.24, 2.45) is 0 Å². The smallest absolute Gasteiger partial charge is 0.303 e. The zero-order valence-corrected chi connectivity index (χ0v) is 9.70. The zero-order chi connectivity index (χ0) is 13.5. The second-order valence-corrected chi connectivity index (χ2v) is 3.85. The van der Waals surface area contributed by atoms with Crippen molar-refractivity contribution in [1.29, 1.82) is 0 Å². The van der Waals surface area contributed by atoms with Crippen LogP contribution in [0.25, 0.3) is 0 Å². The average Bonchev–Trinajstić information content (AvgIpc) is 2.53. The molecule has 8 nitrogen and oxygen atoms in total. The van der Waals surface area contributed by atoms with E-state index >= 15 is 0 Å². The van der Waals surface area contributed by atoms with Crippen LogP contribution in [0.15, 0.2) is 0 Å². The van der Waals surface area contributed by atoms with Gasteiger partial charge < -0.3 is 10.2 Å². The van der Waals surface area contributed by atoms with Crippen LogP contribution in [0.5, 0.6) is 0 Å². The van der Waals surface area contributed by atoms with Gasteiger partial charge in [0.05, 0.1) is 13.0 Å². The molecule has 1 rings (SSSR count). The van der Waals surface area contributed by atoms with E-state index in [4.69, 9.17) is 10.2 Å². The first-order valence-corrected chi connectivity index (χ1v) is 5.58. The highest BCUT2D eigenvalue weighted by Gasteiger charge is 2.39. The Labute approximate surface area is 103 Å². The quantitative estimate of drug-likeness (QED) is 0.265. The number of amides is 2. The van der Waals surface area contributed by atoms with Crippen molar-refractivity contribution < 1.29 is 34.5 Å². The number of carbonyl (C=O) groups excluding carboxylic acids is 2. The molecule has 0 aromatic rings. The van der Waals surface area contributed by atoms with Crippen molar-refractivity contribution >= 4 is 17.8 Å². The Morgan fingerprint density at radius 1 is 1.33 bits per heavy atom. The van der Waals surface area contributed by atoms with Gasteiger partial charge in [-0.25, -0.2) is 4.89 Å². The Kier molecular flexibility index (Phi) is 5.69. The number of rotatable bonds is 8. The summed E-state index contributed by atoms with van der Waals surface area (Å²) in [7, 11) is 0. The van der Waals surface area contributed by atoms with Crippen molar-refractivity contribution in [1.82, 2.24) is 5.06 Å². The Hall–Kier alpha value is -1.51. The highest BCUT2D eigenvalue weighted by atomic mass is 17.3. The minimum atomic E-state index is -1.36. The van der Waals surface area contributed by atoms with Crippen molar-refractivity contribution in [2.75, 3.05) is 6.61 Å². The lowest BCUT2D eigenvalue weighted by Gasteiger charge is -2.11. The van der Waals surface area contributed by atoms with Gasteiger partial charge in [-0.1, -0.05) is 6.42 Å². The Morgan fingerprint density at radius 2 is 2.06 bits per heavy atom. The van der Waals surface area contributed by atoms with E-state index in [0.717, 1.165) is 0 Å². The summed E-state index contributed by atoms with van der Waals surface area (Å²) in [6.45, 7) is 0.132. The van der Waals surface area contributed by atoms with Crippen molar-refractivity contribution in [2.45, 2.75) is 38.2 Å². The third kappa shape index (κ3) is 4.40. The average molecular weight is 261 g/mol. The largest absolute Gasteiger partial charge is 0.481 e. The normalized spacial score (nSPS) is 19.6. The van der Waals surface area contributed by atoms with Gasteiger partial charge in [-0.15, -0.1) is 10.1 Å².